The van der Waals surface area contributed by atoms with E-state index in [2.05, 4.69) is 6.08 Å². The highest BCUT2D eigenvalue weighted by Gasteiger charge is 2.28. The van der Waals surface area contributed by atoms with Gasteiger partial charge in [-0.25, -0.2) is 0 Å². The average Bonchev–Trinajstić information content (AvgIpc) is 2.51. The predicted molar refractivity (Wildman–Crippen MR) is 58.1 cm³/mol. The van der Waals surface area contributed by atoms with Crippen molar-refractivity contribution in [3.8, 4) is 0 Å². The minimum Gasteiger partial charge on any atom is -0.295 e. The molecular formula is C13H20O. The Kier molecular flexibility index (Phi) is 3.39. The second kappa shape index (κ2) is 4.77. The first-order valence-corrected chi connectivity index (χ1v) is 6.08. The van der Waals surface area contributed by atoms with Gasteiger partial charge in [0.1, 0.15) is 0 Å². The van der Waals surface area contributed by atoms with E-state index in [0.717, 1.165) is 6.42 Å². The quantitative estimate of drug-likeness (QED) is 0.621. The smallest absolute Gasteiger partial charge is 0.159 e. The summed E-state index contributed by atoms with van der Waals surface area (Å²) in [7, 11) is 0. The van der Waals surface area contributed by atoms with Gasteiger partial charge in [0, 0.05) is 5.92 Å². The van der Waals surface area contributed by atoms with E-state index >= 15 is 0 Å². The molecule has 0 N–H and O–H groups in total. The third-order valence-electron chi connectivity index (χ3n) is 3.76. The molecule has 0 spiro atoms. The van der Waals surface area contributed by atoms with E-state index < -0.39 is 0 Å². The largest absolute Gasteiger partial charge is 0.295 e. The van der Waals surface area contributed by atoms with Crippen LogP contribution in [0.3, 0.4) is 0 Å². The molecular weight excluding hydrogens is 172 g/mol. The van der Waals surface area contributed by atoms with Crippen molar-refractivity contribution in [2.45, 2.75) is 51.4 Å². The van der Waals surface area contributed by atoms with Crippen LogP contribution >= 0.6 is 0 Å². The second-order valence-corrected chi connectivity index (χ2v) is 4.75. The summed E-state index contributed by atoms with van der Waals surface area (Å²) in [5, 5.41) is 0. The number of ketones is 1. The van der Waals surface area contributed by atoms with Crippen LogP contribution in [0.15, 0.2) is 12.2 Å². The van der Waals surface area contributed by atoms with Gasteiger partial charge in [-0.15, -0.1) is 0 Å². The lowest BCUT2D eigenvalue weighted by Gasteiger charge is -2.24. The van der Waals surface area contributed by atoms with Gasteiger partial charge in [0.15, 0.2) is 5.78 Å². The number of rotatable bonds is 1. The Hall–Kier alpha value is -0.590. The molecule has 0 aromatic carbocycles. The lowest BCUT2D eigenvalue weighted by Crippen LogP contribution is -2.20. The van der Waals surface area contributed by atoms with Gasteiger partial charge in [-0.3, -0.25) is 4.79 Å². The van der Waals surface area contributed by atoms with Crippen molar-refractivity contribution in [1.82, 2.24) is 0 Å². The van der Waals surface area contributed by atoms with Crippen LogP contribution in [0.25, 0.3) is 0 Å². The first-order chi connectivity index (χ1) is 6.88. The molecule has 14 heavy (non-hydrogen) atoms. The Morgan fingerprint density at radius 2 is 1.64 bits per heavy atom. The van der Waals surface area contributed by atoms with Crippen molar-refractivity contribution in [2.24, 2.45) is 11.8 Å². The molecule has 1 heteroatoms. The van der Waals surface area contributed by atoms with Crippen molar-refractivity contribution in [3.05, 3.63) is 12.2 Å². The van der Waals surface area contributed by atoms with Gasteiger partial charge in [0.05, 0.1) is 0 Å². The third-order valence-corrected chi connectivity index (χ3v) is 3.76. The zero-order chi connectivity index (χ0) is 9.80. The van der Waals surface area contributed by atoms with Crippen LogP contribution < -0.4 is 0 Å². The fourth-order valence-corrected chi connectivity index (χ4v) is 2.89. The van der Waals surface area contributed by atoms with Gasteiger partial charge in [-0.2, -0.15) is 0 Å². The standard InChI is InChI=1S/C13H20O/c14-13-10-6-9-12(13)11-7-4-2-1-3-5-8-11/h6,10-12H,1-5,7-9H2. The lowest BCUT2D eigenvalue weighted by atomic mass is 9.80. The Balaban J connectivity index is 1.91. The fourth-order valence-electron chi connectivity index (χ4n) is 2.89. The summed E-state index contributed by atoms with van der Waals surface area (Å²) in [6.07, 6.45) is 14.3. The van der Waals surface area contributed by atoms with Crippen LogP contribution in [0.5, 0.6) is 0 Å². The van der Waals surface area contributed by atoms with Crippen molar-refractivity contribution in [1.29, 1.82) is 0 Å². The number of hydrogen-bond acceptors (Lipinski definition) is 1. The van der Waals surface area contributed by atoms with Crippen LogP contribution in [-0.4, -0.2) is 5.78 Å². The molecule has 0 aromatic heterocycles. The number of hydrogen-bond donors (Lipinski definition) is 0. The maximum atomic E-state index is 11.6. The van der Waals surface area contributed by atoms with Gasteiger partial charge < -0.3 is 0 Å². The SMILES string of the molecule is O=C1C=CCC1C1CCCCCCC1. The van der Waals surface area contributed by atoms with Gasteiger partial charge in [0.2, 0.25) is 0 Å². The molecule has 2 aliphatic carbocycles. The summed E-state index contributed by atoms with van der Waals surface area (Å²) < 4.78 is 0. The van der Waals surface area contributed by atoms with E-state index in [4.69, 9.17) is 0 Å². The maximum Gasteiger partial charge on any atom is 0.159 e. The highest BCUT2D eigenvalue weighted by atomic mass is 16.1. The monoisotopic (exact) mass is 192 g/mol. The molecule has 1 nitrogen and oxygen atoms in total. The highest BCUT2D eigenvalue weighted by molar-refractivity contribution is 5.94. The van der Waals surface area contributed by atoms with Gasteiger partial charge in [0.25, 0.3) is 0 Å². The zero-order valence-corrected chi connectivity index (χ0v) is 8.87. The zero-order valence-electron chi connectivity index (χ0n) is 8.87. The Bertz CT molecular complexity index is 221. The van der Waals surface area contributed by atoms with Crippen LogP contribution in [0.4, 0.5) is 0 Å². The predicted octanol–water partition coefficient (Wildman–Crippen LogP) is 3.49. The summed E-state index contributed by atoms with van der Waals surface area (Å²) >= 11 is 0. The van der Waals surface area contributed by atoms with Crippen molar-refractivity contribution < 1.29 is 4.79 Å². The van der Waals surface area contributed by atoms with Gasteiger partial charge in [-0.05, 0) is 31.3 Å². The first kappa shape index (κ1) is 9.95. The van der Waals surface area contributed by atoms with E-state index in [0.29, 0.717) is 17.6 Å². The van der Waals surface area contributed by atoms with E-state index in [1.165, 1.54) is 44.9 Å². The minimum absolute atomic E-state index is 0.355. The molecule has 78 valence electrons. The van der Waals surface area contributed by atoms with E-state index in [9.17, 15) is 4.79 Å². The summed E-state index contributed by atoms with van der Waals surface area (Å²) in [6, 6.07) is 0. The maximum absolute atomic E-state index is 11.6. The lowest BCUT2D eigenvalue weighted by molar-refractivity contribution is -0.119. The highest BCUT2D eigenvalue weighted by Crippen LogP contribution is 2.33. The molecule has 0 aromatic rings. The molecule has 0 radical (unpaired) electrons. The molecule has 1 atom stereocenters. The van der Waals surface area contributed by atoms with Crippen LogP contribution in [-0.2, 0) is 4.79 Å². The topological polar surface area (TPSA) is 17.1 Å². The van der Waals surface area contributed by atoms with E-state index in [1.807, 2.05) is 0 Å². The minimum atomic E-state index is 0.355. The van der Waals surface area contributed by atoms with E-state index in [1.54, 1.807) is 6.08 Å². The van der Waals surface area contributed by atoms with Crippen LogP contribution in [0.2, 0.25) is 0 Å². The fraction of sp³-hybridized carbons (Fsp3) is 0.769. The number of carbonyl (C=O) groups is 1. The number of carbonyl (C=O) groups excluding carboxylic acids is 1. The Labute approximate surface area is 86.6 Å². The van der Waals surface area contributed by atoms with Gasteiger partial charge in [-0.1, -0.05) is 38.2 Å². The number of allylic oxidation sites excluding steroid dienone is 2. The van der Waals surface area contributed by atoms with Crippen molar-refractivity contribution in [2.75, 3.05) is 0 Å². The summed E-state index contributed by atoms with van der Waals surface area (Å²) in [5.41, 5.74) is 0. The summed E-state index contributed by atoms with van der Waals surface area (Å²) in [4.78, 5) is 11.6. The molecule has 1 unspecified atom stereocenters. The van der Waals surface area contributed by atoms with Crippen molar-refractivity contribution >= 4 is 5.78 Å². The molecule has 0 saturated heterocycles. The Morgan fingerprint density at radius 3 is 2.21 bits per heavy atom. The van der Waals surface area contributed by atoms with Crippen LogP contribution in [0.1, 0.15) is 51.4 Å². The van der Waals surface area contributed by atoms with Crippen LogP contribution in [0, 0.1) is 11.8 Å². The molecule has 2 rings (SSSR count). The summed E-state index contributed by atoms with van der Waals surface area (Å²) in [6.45, 7) is 0. The molecule has 0 bridgehead atoms. The van der Waals surface area contributed by atoms with Gasteiger partial charge >= 0.3 is 0 Å². The average molecular weight is 192 g/mol. The van der Waals surface area contributed by atoms with Crippen molar-refractivity contribution in [3.63, 3.8) is 0 Å². The summed E-state index contributed by atoms with van der Waals surface area (Å²) in [5.74, 6) is 1.45. The normalized spacial score (nSPS) is 30.3. The second-order valence-electron chi connectivity index (χ2n) is 4.75. The van der Waals surface area contributed by atoms with E-state index in [-0.39, 0.29) is 0 Å². The first-order valence-electron chi connectivity index (χ1n) is 6.08. The molecule has 1 fully saturated rings. The molecule has 0 aliphatic heterocycles. The third kappa shape index (κ3) is 2.26. The molecule has 1 saturated carbocycles. The molecule has 0 heterocycles. The Morgan fingerprint density at radius 1 is 1.00 bits per heavy atom. The molecule has 2 aliphatic rings. The molecule has 0 amide bonds.